The van der Waals surface area contributed by atoms with Crippen molar-refractivity contribution in [3.8, 4) is 5.75 Å². The van der Waals surface area contributed by atoms with E-state index in [4.69, 9.17) is 4.74 Å². The molecule has 0 aliphatic carbocycles. The molecule has 4 nitrogen and oxygen atoms in total. The zero-order chi connectivity index (χ0) is 10.7. The van der Waals surface area contributed by atoms with Gasteiger partial charge in [-0.05, 0) is 18.4 Å². The van der Waals surface area contributed by atoms with Crippen molar-refractivity contribution in [1.29, 1.82) is 0 Å². The van der Waals surface area contributed by atoms with Crippen molar-refractivity contribution in [3.05, 3.63) is 18.3 Å². The zero-order valence-corrected chi connectivity index (χ0v) is 9.21. The van der Waals surface area contributed by atoms with E-state index < -0.39 is 0 Å². The van der Waals surface area contributed by atoms with E-state index in [2.05, 4.69) is 10.3 Å². The van der Waals surface area contributed by atoms with Gasteiger partial charge >= 0.3 is 0 Å². The third-order valence-corrected chi connectivity index (χ3v) is 2.85. The summed E-state index contributed by atoms with van der Waals surface area (Å²) in [7, 11) is 0. The first kappa shape index (κ1) is 10.3. The summed E-state index contributed by atoms with van der Waals surface area (Å²) in [6.45, 7) is 0.694. The monoisotopic (exact) mass is 224 g/mol. The number of hydrogen-bond donors (Lipinski definition) is 1. The van der Waals surface area contributed by atoms with Gasteiger partial charge in [0.1, 0.15) is 5.75 Å². The van der Waals surface area contributed by atoms with E-state index in [-0.39, 0.29) is 12.0 Å². The van der Waals surface area contributed by atoms with Crippen molar-refractivity contribution in [3.63, 3.8) is 0 Å². The molecule has 0 aromatic carbocycles. The molecule has 2 heterocycles. The van der Waals surface area contributed by atoms with Gasteiger partial charge < -0.3 is 10.1 Å². The summed E-state index contributed by atoms with van der Waals surface area (Å²) in [6, 6.07) is 3.72. The first-order chi connectivity index (χ1) is 7.29. The molecular formula is C10H12N2O2S. The highest BCUT2D eigenvalue weighted by Crippen LogP contribution is 2.18. The average molecular weight is 224 g/mol. The highest BCUT2D eigenvalue weighted by Gasteiger charge is 2.25. The number of carbonyl (C=O) groups excluding carboxylic acids is 1. The lowest BCUT2D eigenvalue weighted by molar-refractivity contribution is -0.124. The van der Waals surface area contributed by atoms with E-state index >= 15 is 0 Å². The molecule has 0 spiro atoms. The number of carbonyl (C=O) groups is 1. The minimum atomic E-state index is -0.355. The van der Waals surface area contributed by atoms with E-state index in [9.17, 15) is 4.79 Å². The number of rotatable bonds is 3. The molecule has 0 unspecified atom stereocenters. The second-order valence-corrected chi connectivity index (χ2v) is 4.05. The summed E-state index contributed by atoms with van der Waals surface area (Å²) in [5.41, 5.74) is 0. The number of pyridine rings is 1. The molecule has 1 aliphatic heterocycles. The molecule has 1 amide bonds. The van der Waals surface area contributed by atoms with E-state index in [1.54, 1.807) is 18.0 Å². The largest absolute Gasteiger partial charge is 0.479 e. The maximum atomic E-state index is 11.2. The number of amides is 1. The lowest BCUT2D eigenvalue weighted by Gasteiger charge is -2.10. The van der Waals surface area contributed by atoms with Gasteiger partial charge in [0.15, 0.2) is 6.10 Å². The maximum Gasteiger partial charge on any atom is 0.261 e. The lowest BCUT2D eigenvalue weighted by Crippen LogP contribution is -2.27. The van der Waals surface area contributed by atoms with Crippen LogP contribution in [0.25, 0.3) is 0 Å². The number of nitrogens with zero attached hydrogens (tertiary/aromatic N) is 1. The second-order valence-electron chi connectivity index (χ2n) is 3.22. The minimum absolute atomic E-state index is 0.0380. The van der Waals surface area contributed by atoms with Crippen LogP contribution in [0, 0.1) is 0 Å². The van der Waals surface area contributed by atoms with Crippen LogP contribution in [0.1, 0.15) is 6.42 Å². The Morgan fingerprint density at radius 3 is 3.00 bits per heavy atom. The number of thioether (sulfide) groups is 1. The zero-order valence-electron chi connectivity index (χ0n) is 8.40. The number of hydrogen-bond acceptors (Lipinski definition) is 4. The first-order valence-electron chi connectivity index (χ1n) is 4.74. The molecule has 2 rings (SSSR count). The Morgan fingerprint density at radius 1 is 1.60 bits per heavy atom. The Kier molecular flexibility index (Phi) is 3.11. The van der Waals surface area contributed by atoms with Crippen LogP contribution < -0.4 is 10.1 Å². The molecule has 1 saturated heterocycles. The highest BCUT2D eigenvalue weighted by atomic mass is 32.2. The Hall–Kier alpha value is -1.23. The van der Waals surface area contributed by atoms with Gasteiger partial charge in [0.05, 0.1) is 11.2 Å². The molecule has 0 saturated carbocycles. The maximum absolute atomic E-state index is 11.2. The Morgan fingerprint density at radius 2 is 2.47 bits per heavy atom. The Labute approximate surface area is 92.4 Å². The summed E-state index contributed by atoms with van der Waals surface area (Å²) in [5, 5.41) is 3.67. The Bertz CT molecular complexity index is 353. The molecule has 1 aliphatic rings. The van der Waals surface area contributed by atoms with Crippen LogP contribution >= 0.6 is 11.8 Å². The van der Waals surface area contributed by atoms with Crippen LogP contribution in [-0.4, -0.2) is 29.8 Å². The van der Waals surface area contributed by atoms with Gasteiger partial charge in [-0.25, -0.2) is 4.98 Å². The van der Waals surface area contributed by atoms with Gasteiger partial charge in [-0.1, -0.05) is 0 Å². The molecule has 1 fully saturated rings. The average Bonchev–Trinajstić information content (AvgIpc) is 2.66. The fraction of sp³-hybridized carbons (Fsp3) is 0.400. The van der Waals surface area contributed by atoms with Crippen LogP contribution in [0.3, 0.4) is 0 Å². The normalized spacial score (nSPS) is 20.1. The van der Waals surface area contributed by atoms with E-state index in [0.717, 1.165) is 11.4 Å². The van der Waals surface area contributed by atoms with Crippen molar-refractivity contribution in [1.82, 2.24) is 10.3 Å². The van der Waals surface area contributed by atoms with Gasteiger partial charge in [0.25, 0.3) is 5.91 Å². The lowest BCUT2D eigenvalue weighted by atomic mass is 10.3. The molecule has 5 heteroatoms. The number of nitrogens with one attached hydrogen (secondary N) is 1. The third-order valence-electron chi connectivity index (χ3n) is 2.19. The van der Waals surface area contributed by atoms with Crippen LogP contribution in [0.2, 0.25) is 0 Å². The number of aromatic nitrogens is 1. The van der Waals surface area contributed by atoms with Crippen LogP contribution in [0.4, 0.5) is 0 Å². The van der Waals surface area contributed by atoms with E-state index in [1.165, 1.54) is 0 Å². The van der Waals surface area contributed by atoms with Gasteiger partial charge in [0, 0.05) is 13.0 Å². The Balaban J connectivity index is 2.01. The van der Waals surface area contributed by atoms with Crippen molar-refractivity contribution >= 4 is 17.7 Å². The molecule has 80 valence electrons. The van der Waals surface area contributed by atoms with Crippen LogP contribution in [0.15, 0.2) is 23.4 Å². The smallest absolute Gasteiger partial charge is 0.261 e. The number of ether oxygens (including phenoxy) is 1. The molecule has 1 atom stereocenters. The van der Waals surface area contributed by atoms with Gasteiger partial charge in [-0.2, -0.15) is 0 Å². The quantitative estimate of drug-likeness (QED) is 0.780. The predicted molar refractivity (Wildman–Crippen MR) is 58.1 cm³/mol. The highest BCUT2D eigenvalue weighted by molar-refractivity contribution is 7.98. The second kappa shape index (κ2) is 4.53. The van der Waals surface area contributed by atoms with E-state index in [0.29, 0.717) is 12.3 Å². The molecule has 15 heavy (non-hydrogen) atoms. The molecule has 1 N–H and O–H groups in total. The summed E-state index contributed by atoms with van der Waals surface area (Å²) < 4.78 is 5.50. The molecule has 1 aromatic rings. The van der Waals surface area contributed by atoms with E-state index in [1.807, 2.05) is 18.4 Å². The molecule has 1 aromatic heterocycles. The van der Waals surface area contributed by atoms with Crippen molar-refractivity contribution in [2.45, 2.75) is 17.6 Å². The van der Waals surface area contributed by atoms with Crippen LogP contribution in [-0.2, 0) is 4.79 Å². The van der Waals surface area contributed by atoms with Crippen LogP contribution in [0.5, 0.6) is 5.75 Å². The molecule has 0 radical (unpaired) electrons. The SMILES string of the molecule is CSc1ccc(O[C@@H]2CCNC2=O)cn1. The molecule has 0 bridgehead atoms. The van der Waals surface area contributed by atoms with Gasteiger partial charge in [0.2, 0.25) is 0 Å². The standard InChI is InChI=1S/C10H12N2O2S/c1-15-9-3-2-7(6-12-9)14-8-4-5-11-10(8)13/h2-3,6,8H,4-5H2,1H3,(H,11,13)/t8-/m1/s1. The topological polar surface area (TPSA) is 51.2 Å². The third kappa shape index (κ3) is 2.41. The fourth-order valence-electron chi connectivity index (χ4n) is 1.41. The predicted octanol–water partition coefficient (Wildman–Crippen LogP) is 1.07. The molecular weight excluding hydrogens is 212 g/mol. The first-order valence-corrected chi connectivity index (χ1v) is 5.96. The van der Waals surface area contributed by atoms with Crippen molar-refractivity contribution < 1.29 is 9.53 Å². The minimum Gasteiger partial charge on any atom is -0.479 e. The summed E-state index contributed by atoms with van der Waals surface area (Å²) >= 11 is 1.57. The van der Waals surface area contributed by atoms with Crippen molar-refractivity contribution in [2.24, 2.45) is 0 Å². The van der Waals surface area contributed by atoms with Crippen molar-refractivity contribution in [2.75, 3.05) is 12.8 Å². The summed E-state index contributed by atoms with van der Waals surface area (Å²) in [4.78, 5) is 15.4. The van der Waals surface area contributed by atoms with Gasteiger partial charge in [-0.3, -0.25) is 4.79 Å². The summed E-state index contributed by atoms with van der Waals surface area (Å²) in [6.07, 6.45) is 3.99. The fourth-order valence-corrected chi connectivity index (χ4v) is 1.77. The summed E-state index contributed by atoms with van der Waals surface area (Å²) in [5.74, 6) is 0.610. The van der Waals surface area contributed by atoms with Gasteiger partial charge in [-0.15, -0.1) is 11.8 Å².